The van der Waals surface area contributed by atoms with E-state index in [9.17, 15) is 19.2 Å². The molecule has 3 aromatic carbocycles. The first kappa shape index (κ1) is 33.1. The van der Waals surface area contributed by atoms with Crippen LogP contribution < -0.4 is 10.5 Å². The quantitative estimate of drug-likeness (QED) is 0.236. The summed E-state index contributed by atoms with van der Waals surface area (Å²) in [6.07, 6.45) is 2.79. The molecule has 4 unspecified atom stereocenters. The van der Waals surface area contributed by atoms with Crippen molar-refractivity contribution >= 4 is 54.4 Å². The predicted molar refractivity (Wildman–Crippen MR) is 175 cm³/mol. The summed E-state index contributed by atoms with van der Waals surface area (Å²) in [5.74, 6) is -3.56. The molecule has 0 spiro atoms. The Morgan fingerprint density at radius 1 is 0.500 bits per heavy atom. The third-order valence-corrected chi connectivity index (χ3v) is 19.0. The third kappa shape index (κ3) is 5.52. The second-order valence-corrected chi connectivity index (χ2v) is 19.4. The summed E-state index contributed by atoms with van der Waals surface area (Å²) in [4.78, 5) is 45.4. The van der Waals surface area contributed by atoms with E-state index in [4.69, 9.17) is 19.9 Å². The zero-order valence-corrected chi connectivity index (χ0v) is 29.6. The van der Waals surface area contributed by atoms with Gasteiger partial charge in [-0.3, -0.25) is 29.6 Å². The molecule has 250 valence electrons. The fourth-order valence-electron chi connectivity index (χ4n) is 8.22. The maximum absolute atomic E-state index is 11.4. The zero-order valence-electron chi connectivity index (χ0n) is 27.1. The molecule has 11 heteroatoms. The zero-order chi connectivity index (χ0) is 33.9. The number of aryl methyl sites for hydroxylation is 3. The van der Waals surface area contributed by atoms with E-state index in [2.05, 4.69) is 93.6 Å². The SMILES string of the molecule is Cc1cccc[c]1[Sb]([c]1ccccc1C)[c]1ccccc1C.O=C1C2C(C(=O)N1O)[C@H]1CC[C@@H]2O1.O=C1C2C(C(=O)N1O)[C@H]1CC[C@@H]2O1. The molecule has 6 fully saturated rings. The minimum Gasteiger partial charge on any atom is -0.373 e. The molecule has 8 atom stereocenters. The van der Waals surface area contributed by atoms with Crippen LogP contribution in [0.15, 0.2) is 72.8 Å². The molecule has 6 aliphatic heterocycles. The first-order chi connectivity index (χ1) is 23.1. The van der Waals surface area contributed by atoms with Crippen molar-refractivity contribution in [2.24, 2.45) is 23.7 Å². The molecule has 3 aromatic rings. The van der Waals surface area contributed by atoms with Gasteiger partial charge in [0.1, 0.15) is 0 Å². The largest absolute Gasteiger partial charge is 0.373 e. The minimum atomic E-state index is -1.98. The number of rotatable bonds is 3. The molecule has 6 aliphatic rings. The van der Waals surface area contributed by atoms with E-state index in [0.717, 1.165) is 25.7 Å². The van der Waals surface area contributed by atoms with E-state index in [1.54, 1.807) is 10.5 Å². The van der Waals surface area contributed by atoms with Gasteiger partial charge in [-0.05, 0) is 25.7 Å². The second kappa shape index (κ2) is 13.1. The minimum absolute atomic E-state index is 0.136. The molecule has 2 N–H and O–H groups in total. The van der Waals surface area contributed by atoms with Gasteiger partial charge in [0.05, 0.1) is 48.1 Å². The Labute approximate surface area is 286 Å². The molecule has 6 heterocycles. The van der Waals surface area contributed by atoms with E-state index in [0.29, 0.717) is 0 Å². The number of carbonyl (C=O) groups is 4. The van der Waals surface area contributed by atoms with Gasteiger partial charge in [-0.2, -0.15) is 10.1 Å². The number of amides is 4. The van der Waals surface area contributed by atoms with Crippen molar-refractivity contribution in [3.05, 3.63) is 89.5 Å². The molecule has 10 nitrogen and oxygen atoms in total. The van der Waals surface area contributed by atoms with Crippen LogP contribution in [0.25, 0.3) is 0 Å². The Kier molecular flexibility index (Phi) is 9.06. The van der Waals surface area contributed by atoms with Gasteiger partial charge >= 0.3 is 141 Å². The van der Waals surface area contributed by atoms with Gasteiger partial charge in [-0.25, -0.2) is 0 Å². The summed E-state index contributed by atoms with van der Waals surface area (Å²) >= 11 is -1.98. The Morgan fingerprint density at radius 3 is 1.00 bits per heavy atom. The number of benzene rings is 3. The van der Waals surface area contributed by atoms with Gasteiger partial charge in [0.15, 0.2) is 0 Å². The van der Waals surface area contributed by atoms with Gasteiger partial charge in [0, 0.05) is 0 Å². The topological polar surface area (TPSA) is 134 Å². The van der Waals surface area contributed by atoms with Crippen LogP contribution in [0.2, 0.25) is 0 Å². The summed E-state index contributed by atoms with van der Waals surface area (Å²) in [5, 5.41) is 18.8. The summed E-state index contributed by atoms with van der Waals surface area (Å²) < 4.78 is 15.6. The summed E-state index contributed by atoms with van der Waals surface area (Å²) in [7, 11) is 0. The van der Waals surface area contributed by atoms with Crippen molar-refractivity contribution in [2.45, 2.75) is 70.9 Å². The Hall–Kier alpha value is -3.40. The Morgan fingerprint density at radius 2 is 0.750 bits per heavy atom. The molecular formula is C37H39N2O8Sb. The number of hydrogen-bond donors (Lipinski definition) is 2. The molecule has 6 saturated heterocycles. The van der Waals surface area contributed by atoms with Gasteiger partial charge in [0.2, 0.25) is 0 Å². The number of hydrogen-bond acceptors (Lipinski definition) is 8. The maximum atomic E-state index is 11.4. The first-order valence-electron chi connectivity index (χ1n) is 16.5. The molecule has 0 saturated carbocycles. The van der Waals surface area contributed by atoms with Gasteiger partial charge in [-0.1, -0.05) is 0 Å². The fourth-order valence-corrected chi connectivity index (χ4v) is 16.1. The fraction of sp³-hybridized carbons (Fsp3) is 0.405. The van der Waals surface area contributed by atoms with Crippen molar-refractivity contribution < 1.29 is 39.1 Å². The number of imide groups is 2. The Balaban J connectivity index is 0.000000120. The van der Waals surface area contributed by atoms with Crippen LogP contribution in [0.3, 0.4) is 0 Å². The van der Waals surface area contributed by atoms with Gasteiger partial charge < -0.3 is 9.47 Å². The first-order valence-corrected chi connectivity index (χ1v) is 20.3. The second-order valence-electron chi connectivity index (χ2n) is 13.4. The molecule has 0 aromatic heterocycles. The standard InChI is InChI=1S/2C8H9NO4.3C7H7.Sb/c2*10-7-5-3-1-2-4(13-3)6(5)8(11)9(7)12;3*1-7-5-3-2-4-6-7;/h2*3-6,12H,1-2H2;3*2-5H,1H3;/t2*3-,4+,5?,6?;;;;. The normalized spacial score (nSPS) is 30.8. The van der Waals surface area contributed by atoms with E-state index in [1.807, 2.05) is 0 Å². The van der Waals surface area contributed by atoms with Crippen molar-refractivity contribution in [2.75, 3.05) is 0 Å². The van der Waals surface area contributed by atoms with Crippen molar-refractivity contribution in [3.8, 4) is 0 Å². The molecule has 48 heavy (non-hydrogen) atoms. The van der Waals surface area contributed by atoms with Crippen LogP contribution >= 0.6 is 0 Å². The molecule has 9 rings (SSSR count). The third-order valence-electron chi connectivity index (χ3n) is 10.6. The van der Waals surface area contributed by atoms with Crippen LogP contribution in [0.5, 0.6) is 0 Å². The predicted octanol–water partition coefficient (Wildman–Crippen LogP) is 2.20. The van der Waals surface area contributed by atoms with Crippen molar-refractivity contribution in [1.29, 1.82) is 0 Å². The van der Waals surface area contributed by atoms with Crippen LogP contribution in [0.4, 0.5) is 0 Å². The molecule has 4 bridgehead atoms. The number of ether oxygens (including phenoxy) is 2. The van der Waals surface area contributed by atoms with Crippen molar-refractivity contribution in [1.82, 2.24) is 10.1 Å². The van der Waals surface area contributed by atoms with Gasteiger partial charge in [-0.15, -0.1) is 0 Å². The van der Waals surface area contributed by atoms with E-state index < -0.39 is 67.5 Å². The monoisotopic (exact) mass is 760 g/mol. The van der Waals surface area contributed by atoms with Crippen LogP contribution in [-0.4, -0.2) is 88.8 Å². The van der Waals surface area contributed by atoms with Gasteiger partial charge in [0.25, 0.3) is 23.6 Å². The average Bonchev–Trinajstić information content (AvgIpc) is 3.95. The van der Waals surface area contributed by atoms with E-state index >= 15 is 0 Å². The van der Waals surface area contributed by atoms with E-state index in [-0.39, 0.29) is 34.5 Å². The summed E-state index contributed by atoms with van der Waals surface area (Å²) in [6.45, 7) is 6.76. The molecule has 0 aliphatic carbocycles. The number of fused-ring (bicyclic) bond motifs is 10. The number of carbonyl (C=O) groups excluding carboxylic acids is 4. The number of hydroxylamine groups is 4. The van der Waals surface area contributed by atoms with Crippen LogP contribution in [0, 0.1) is 44.4 Å². The van der Waals surface area contributed by atoms with Crippen molar-refractivity contribution in [3.63, 3.8) is 0 Å². The summed E-state index contributed by atoms with van der Waals surface area (Å²) in [5.41, 5.74) is 4.28. The number of nitrogens with zero attached hydrogens (tertiary/aromatic N) is 2. The average molecular weight is 761 g/mol. The Bertz CT molecular complexity index is 1560. The smallest absolute Gasteiger partial charge is 0.259 e. The van der Waals surface area contributed by atoms with E-state index in [1.165, 1.54) is 16.7 Å². The van der Waals surface area contributed by atoms with Crippen LogP contribution in [-0.2, 0) is 28.7 Å². The molecule has 4 amide bonds. The molecule has 0 radical (unpaired) electrons. The molecular weight excluding hydrogens is 722 g/mol. The maximum Gasteiger partial charge on any atom is 0.259 e. The summed E-state index contributed by atoms with van der Waals surface area (Å²) in [6, 6.07) is 26.8. The van der Waals surface area contributed by atoms with Crippen LogP contribution in [0.1, 0.15) is 42.4 Å².